The summed E-state index contributed by atoms with van der Waals surface area (Å²) >= 11 is 0. The molecule has 134 valence electrons. The molecule has 5 heteroatoms. The van der Waals surface area contributed by atoms with Gasteiger partial charge < -0.3 is 9.80 Å². The minimum Gasteiger partial charge on any atom is -0.342 e. The van der Waals surface area contributed by atoms with E-state index in [-0.39, 0.29) is 11.3 Å². The second-order valence-corrected chi connectivity index (χ2v) is 7.96. The summed E-state index contributed by atoms with van der Waals surface area (Å²) < 4.78 is 0. The molecule has 3 aliphatic rings. The number of hydrogen-bond donors (Lipinski definition) is 0. The Hall–Kier alpha value is -1.91. The fourth-order valence-electron chi connectivity index (χ4n) is 4.34. The van der Waals surface area contributed by atoms with Crippen molar-refractivity contribution in [2.75, 3.05) is 26.2 Å². The molecule has 2 saturated heterocycles. The number of pyridine rings is 1. The van der Waals surface area contributed by atoms with Crippen LogP contribution in [0, 0.1) is 11.3 Å². The van der Waals surface area contributed by atoms with E-state index in [2.05, 4.69) is 9.88 Å². The molecule has 0 aromatic carbocycles. The summed E-state index contributed by atoms with van der Waals surface area (Å²) in [5.41, 5.74) is 0.655. The predicted molar refractivity (Wildman–Crippen MR) is 94.7 cm³/mol. The van der Waals surface area contributed by atoms with Gasteiger partial charge in [-0.1, -0.05) is 6.07 Å². The molecule has 3 fully saturated rings. The monoisotopic (exact) mass is 341 g/mol. The van der Waals surface area contributed by atoms with E-state index in [0.29, 0.717) is 25.3 Å². The number of likely N-dealkylation sites (tertiary alicyclic amines) is 2. The van der Waals surface area contributed by atoms with Gasteiger partial charge in [0, 0.05) is 44.5 Å². The van der Waals surface area contributed by atoms with Crippen LogP contribution in [-0.2, 0) is 16.0 Å². The lowest BCUT2D eigenvalue weighted by molar-refractivity contribution is -0.146. The van der Waals surface area contributed by atoms with Crippen molar-refractivity contribution in [1.82, 2.24) is 14.8 Å². The summed E-state index contributed by atoms with van der Waals surface area (Å²) in [5.74, 6) is 1.21. The van der Waals surface area contributed by atoms with E-state index in [1.54, 1.807) is 6.20 Å². The zero-order valence-electron chi connectivity index (χ0n) is 14.8. The molecule has 25 heavy (non-hydrogen) atoms. The number of carbonyl (C=O) groups excluding carboxylic acids is 2. The average Bonchev–Trinajstić information content (AvgIpc) is 3.35. The molecule has 1 atom stereocenters. The SMILES string of the molecule is O=C(CCc1ccccn1)N1CC[C@@]2(CCCN(CC3CC3)C2=O)C1. The van der Waals surface area contributed by atoms with Crippen molar-refractivity contribution < 1.29 is 9.59 Å². The molecule has 0 unspecified atom stereocenters. The van der Waals surface area contributed by atoms with Crippen LogP contribution in [0.5, 0.6) is 0 Å². The van der Waals surface area contributed by atoms with Crippen LogP contribution in [0.15, 0.2) is 24.4 Å². The number of hydrogen-bond acceptors (Lipinski definition) is 3. The molecule has 3 heterocycles. The van der Waals surface area contributed by atoms with E-state index < -0.39 is 0 Å². The molecule has 0 radical (unpaired) electrons. The highest BCUT2D eigenvalue weighted by Gasteiger charge is 2.49. The highest BCUT2D eigenvalue weighted by atomic mass is 16.2. The van der Waals surface area contributed by atoms with Gasteiger partial charge in [0.25, 0.3) is 0 Å². The van der Waals surface area contributed by atoms with Crippen LogP contribution in [0.3, 0.4) is 0 Å². The summed E-state index contributed by atoms with van der Waals surface area (Å²) in [6.45, 7) is 3.19. The average molecular weight is 341 g/mol. The fraction of sp³-hybridized carbons (Fsp3) is 0.650. The fourth-order valence-corrected chi connectivity index (χ4v) is 4.34. The molecule has 2 amide bonds. The lowest BCUT2D eigenvalue weighted by Crippen LogP contribution is -2.50. The summed E-state index contributed by atoms with van der Waals surface area (Å²) in [4.78, 5) is 33.9. The first kappa shape index (κ1) is 16.6. The van der Waals surface area contributed by atoms with Crippen molar-refractivity contribution in [1.29, 1.82) is 0 Å². The molecule has 1 aliphatic carbocycles. The van der Waals surface area contributed by atoms with Gasteiger partial charge in [-0.05, 0) is 56.6 Å². The van der Waals surface area contributed by atoms with Crippen molar-refractivity contribution in [3.05, 3.63) is 30.1 Å². The van der Waals surface area contributed by atoms with Crippen molar-refractivity contribution in [2.45, 2.75) is 44.9 Å². The maximum atomic E-state index is 13.0. The van der Waals surface area contributed by atoms with Crippen LogP contribution in [0.1, 0.15) is 44.2 Å². The zero-order chi connectivity index (χ0) is 17.3. The third-order valence-electron chi connectivity index (χ3n) is 6.03. The van der Waals surface area contributed by atoms with Gasteiger partial charge in [0.1, 0.15) is 0 Å². The predicted octanol–water partition coefficient (Wildman–Crippen LogP) is 2.27. The smallest absolute Gasteiger partial charge is 0.230 e. The highest BCUT2D eigenvalue weighted by molar-refractivity contribution is 5.86. The lowest BCUT2D eigenvalue weighted by Gasteiger charge is -2.39. The second-order valence-electron chi connectivity index (χ2n) is 7.96. The molecule has 4 rings (SSSR count). The Morgan fingerprint density at radius 2 is 2.12 bits per heavy atom. The summed E-state index contributed by atoms with van der Waals surface area (Å²) in [7, 11) is 0. The van der Waals surface area contributed by atoms with Crippen LogP contribution in [-0.4, -0.2) is 52.8 Å². The molecule has 0 bridgehead atoms. The van der Waals surface area contributed by atoms with Gasteiger partial charge >= 0.3 is 0 Å². The van der Waals surface area contributed by atoms with Gasteiger partial charge in [-0.2, -0.15) is 0 Å². The Balaban J connectivity index is 1.34. The quantitative estimate of drug-likeness (QED) is 0.825. The zero-order valence-corrected chi connectivity index (χ0v) is 14.8. The molecule has 1 saturated carbocycles. The van der Waals surface area contributed by atoms with E-state index in [4.69, 9.17) is 0 Å². The Kier molecular flexibility index (Phi) is 4.48. The minimum atomic E-state index is -0.298. The maximum absolute atomic E-state index is 13.0. The third kappa shape index (κ3) is 3.55. The Morgan fingerprint density at radius 1 is 1.24 bits per heavy atom. The van der Waals surface area contributed by atoms with E-state index in [1.807, 2.05) is 23.1 Å². The van der Waals surface area contributed by atoms with Gasteiger partial charge in [0.15, 0.2) is 0 Å². The normalized spacial score (nSPS) is 26.5. The molecule has 5 nitrogen and oxygen atoms in total. The first-order chi connectivity index (χ1) is 12.2. The van der Waals surface area contributed by atoms with Crippen LogP contribution < -0.4 is 0 Å². The van der Waals surface area contributed by atoms with Crippen molar-refractivity contribution in [3.8, 4) is 0 Å². The topological polar surface area (TPSA) is 53.5 Å². The summed E-state index contributed by atoms with van der Waals surface area (Å²) in [6, 6.07) is 5.80. The number of nitrogens with zero attached hydrogens (tertiary/aromatic N) is 3. The van der Waals surface area contributed by atoms with Crippen LogP contribution >= 0.6 is 0 Å². The van der Waals surface area contributed by atoms with E-state index in [9.17, 15) is 9.59 Å². The van der Waals surface area contributed by atoms with Gasteiger partial charge in [0.2, 0.25) is 11.8 Å². The highest BCUT2D eigenvalue weighted by Crippen LogP contribution is 2.41. The van der Waals surface area contributed by atoms with Crippen LogP contribution in [0.4, 0.5) is 0 Å². The molecule has 1 aromatic rings. The van der Waals surface area contributed by atoms with Gasteiger partial charge in [-0.3, -0.25) is 14.6 Å². The first-order valence-electron chi connectivity index (χ1n) is 9.63. The molecule has 2 aliphatic heterocycles. The Labute approximate surface area is 149 Å². The van der Waals surface area contributed by atoms with Gasteiger partial charge in [0.05, 0.1) is 5.41 Å². The molecule has 1 spiro atoms. The maximum Gasteiger partial charge on any atom is 0.230 e. The van der Waals surface area contributed by atoms with Crippen LogP contribution in [0.2, 0.25) is 0 Å². The molecular formula is C20H27N3O2. The van der Waals surface area contributed by atoms with Crippen LogP contribution in [0.25, 0.3) is 0 Å². The molecular weight excluding hydrogens is 314 g/mol. The Bertz CT molecular complexity index is 644. The summed E-state index contributed by atoms with van der Waals surface area (Å²) in [6.07, 6.45) is 8.31. The summed E-state index contributed by atoms with van der Waals surface area (Å²) in [5, 5.41) is 0. The van der Waals surface area contributed by atoms with Crippen molar-refractivity contribution >= 4 is 11.8 Å². The molecule has 1 aromatic heterocycles. The largest absolute Gasteiger partial charge is 0.342 e. The number of amides is 2. The number of piperidine rings is 1. The second kappa shape index (κ2) is 6.77. The third-order valence-corrected chi connectivity index (χ3v) is 6.03. The number of aryl methyl sites for hydroxylation is 1. The minimum absolute atomic E-state index is 0.162. The molecule has 0 N–H and O–H groups in total. The lowest BCUT2D eigenvalue weighted by atomic mass is 9.78. The van der Waals surface area contributed by atoms with E-state index >= 15 is 0 Å². The van der Waals surface area contributed by atoms with E-state index in [1.165, 1.54) is 12.8 Å². The number of carbonyl (C=O) groups is 2. The number of aromatic nitrogens is 1. The standard InChI is InChI=1S/C20H27N3O2/c24-18(8-7-17-4-1-2-11-21-17)23-13-10-20(15-23)9-3-12-22(19(20)25)14-16-5-6-16/h1-2,4,11,16H,3,5-10,12-15H2/t20-/m0/s1. The van der Waals surface area contributed by atoms with Gasteiger partial charge in [-0.15, -0.1) is 0 Å². The van der Waals surface area contributed by atoms with Crippen molar-refractivity contribution in [2.24, 2.45) is 11.3 Å². The first-order valence-corrected chi connectivity index (χ1v) is 9.63. The Morgan fingerprint density at radius 3 is 2.88 bits per heavy atom. The number of rotatable bonds is 5. The van der Waals surface area contributed by atoms with Crippen molar-refractivity contribution in [3.63, 3.8) is 0 Å². The van der Waals surface area contributed by atoms with Gasteiger partial charge in [-0.25, -0.2) is 0 Å². The van der Waals surface area contributed by atoms with E-state index in [0.717, 1.165) is 50.5 Å².